The SMILES string of the molecule is CCCO[C@@H]1CC[C@@H](C[C@@H](C)[C@@H]2CC(=O)[C@H](C)/C=C(\C)[C@@H](O)[C@@H](OC)C(=O)[C@H](C)C[C@H](C)/C=C/C=C/C=C(\C)[C@@H](OC)C[C@@H]3CC[C@@H](C)[C@@](O)(O3)C(=O)C(=O)N3CCCC[C@H]3C(=O)O2)C[C@H]1OC.CO[C@H]1C[C@@H]2CC[C@@H](C)[C@@](O)(O2)C(=O)C(=O)N2CCCC[C@H]2C(=O)O[C@H]([C@H](C)C[C@@H]2CC[C@@H](OCCO)[C@H](OC)C2)CC(=O)[C@H](C)/C=C(\C)[C@@H](O)[C@@H](OC)C(=O)[C@H](C)C[C@H](C)/C=C/C=CC=C1C. The first-order valence-corrected chi connectivity index (χ1v) is 50.4. The first-order valence-electron chi connectivity index (χ1n) is 50.4. The standard InChI is InChI=1S/C54H85NO13.C53H83NO14/c1-12-26-66-44-24-22-40(30-47(44)64-10)29-36(5)46-32-43(56)35(4)28-38(7)49(58)50(65-11)48(57)37(6)27-33(2)18-14-13-15-19-34(3)45(63-9)31-41-23-21-39(8)54(62,68-41)51(59)52(60)55-25-17-16-20-42(55)53(61)67-46;1-32-16-12-11-13-17-33(2)44(63-8)30-40-21-19-38(7)53(62,68-40)50(59)51(60)54-23-15-14-18-41(54)52(61)67-45(35(4)28-39-20-22-43(66-25-24-55)46(29-39)64-9)31-42(56)34(3)27-37(6)48(58)49(65-10)47(57)36(5)26-32/h13-15,18-19,28,33,35-37,39-42,44-47,49-50,58,62H,12,16-17,20-27,29-32H2,1-11H3;11-13,16-17,27,32,34-36,38-41,43-46,48-49,55,58,62H,14-15,18-26,28-31H2,1-10H3/b15-13+,18-14+,34-19+,38-28+;13-11?,16-12+,33-17?,37-27+/t33-,35-,36-,37-,39-,40+,41+,42+,44-,45+,46+,47-,49-,50+,54-;32-,34-,35-,36-,38-,39+,40+,41+,43-,44+,45+,46-,48-,49+,53-/m11/s1. The molecule has 29 nitrogen and oxygen atoms in total. The van der Waals surface area contributed by atoms with Crippen molar-refractivity contribution >= 4 is 58.5 Å². The van der Waals surface area contributed by atoms with E-state index in [2.05, 4.69) is 6.92 Å². The summed E-state index contributed by atoms with van der Waals surface area (Å²) >= 11 is 0. The highest BCUT2D eigenvalue weighted by Gasteiger charge is 2.56. The number of aliphatic hydroxyl groups is 5. The van der Waals surface area contributed by atoms with E-state index in [1.165, 1.54) is 24.0 Å². The number of cyclic esters (lactones) is 2. The Bertz CT molecular complexity index is 3870. The minimum Gasteiger partial charge on any atom is -0.460 e. The van der Waals surface area contributed by atoms with Crippen molar-refractivity contribution in [2.75, 3.05) is 75.6 Å². The molecule has 0 radical (unpaired) electrons. The number of nitrogens with zero attached hydrogens (tertiary/aromatic N) is 2. The van der Waals surface area contributed by atoms with Gasteiger partial charge in [-0.2, -0.15) is 0 Å². The molecule has 2 saturated carbocycles. The van der Waals surface area contributed by atoms with Crippen LogP contribution >= 0.6 is 0 Å². The lowest BCUT2D eigenvalue weighted by molar-refractivity contribution is -0.265. The summed E-state index contributed by atoms with van der Waals surface area (Å²) < 4.78 is 71.5. The van der Waals surface area contributed by atoms with Gasteiger partial charge >= 0.3 is 11.9 Å². The van der Waals surface area contributed by atoms with E-state index in [0.717, 1.165) is 43.3 Å². The summed E-state index contributed by atoms with van der Waals surface area (Å²) in [5.41, 5.74) is 2.55. The number of piperidine rings is 2. The number of ether oxygens (including phenoxy) is 12. The molecular weight excluding hydrogens is 1750 g/mol. The third-order valence-electron chi connectivity index (χ3n) is 29.9. The molecule has 0 unspecified atom stereocenters. The van der Waals surface area contributed by atoms with Crippen LogP contribution in [0.4, 0.5) is 0 Å². The maximum Gasteiger partial charge on any atom is 0.329 e. The fraction of sp³-hybridized carbons (Fsp3) is 0.757. The number of ketones is 6. The fourth-order valence-corrected chi connectivity index (χ4v) is 21.1. The second-order valence-corrected chi connectivity index (χ2v) is 40.6. The number of carbonyl (C=O) groups is 10. The van der Waals surface area contributed by atoms with E-state index in [-0.39, 0.29) is 135 Å². The molecule has 0 aromatic heterocycles. The number of Topliss-reactive ketones (excluding diaryl/α,β-unsaturated/α-hetero) is 6. The summed E-state index contributed by atoms with van der Waals surface area (Å²) in [6.07, 6.45) is 25.7. The van der Waals surface area contributed by atoms with Gasteiger partial charge in [-0.25, -0.2) is 9.59 Å². The molecule has 5 N–H and O–H groups in total. The van der Waals surface area contributed by atoms with E-state index in [4.69, 9.17) is 56.8 Å². The molecule has 8 aliphatic rings. The average Bonchev–Trinajstić information content (AvgIpc) is 0.776. The third kappa shape index (κ3) is 32.6. The van der Waals surface area contributed by atoms with Gasteiger partial charge in [0, 0.05) is 124 Å². The van der Waals surface area contributed by atoms with Crippen molar-refractivity contribution in [2.45, 2.75) is 373 Å². The minimum absolute atomic E-state index is 0.0147. The number of fused-ring (bicyclic) bond motifs is 6. The van der Waals surface area contributed by atoms with E-state index in [0.29, 0.717) is 120 Å². The van der Waals surface area contributed by atoms with Crippen LogP contribution in [-0.2, 0) is 105 Å². The lowest BCUT2D eigenvalue weighted by Crippen LogP contribution is -2.61. The molecule has 2 amide bonds. The zero-order valence-electron chi connectivity index (χ0n) is 85.4. The molecule has 30 atom stereocenters. The van der Waals surface area contributed by atoms with E-state index >= 15 is 0 Å². The van der Waals surface area contributed by atoms with Gasteiger partial charge in [-0.05, 0) is 220 Å². The lowest BCUT2D eigenvalue weighted by atomic mass is 9.78. The summed E-state index contributed by atoms with van der Waals surface area (Å²) in [5, 5.41) is 56.3. The van der Waals surface area contributed by atoms with Gasteiger partial charge in [-0.3, -0.25) is 38.4 Å². The van der Waals surface area contributed by atoms with Crippen molar-refractivity contribution in [1.82, 2.24) is 9.80 Å². The molecule has 29 heteroatoms. The number of carbonyl (C=O) groups excluding carboxylic acids is 10. The summed E-state index contributed by atoms with van der Waals surface area (Å²) in [6.45, 7) is 28.5. The Morgan fingerprint density at radius 2 is 0.824 bits per heavy atom. The molecule has 0 spiro atoms. The molecule has 6 aliphatic heterocycles. The summed E-state index contributed by atoms with van der Waals surface area (Å²) in [6, 6.07) is -2.27. The van der Waals surface area contributed by atoms with Crippen LogP contribution in [0, 0.1) is 71.0 Å². The summed E-state index contributed by atoms with van der Waals surface area (Å²) in [4.78, 5) is 144. The van der Waals surface area contributed by atoms with E-state index < -0.39 is 156 Å². The molecule has 6 heterocycles. The van der Waals surface area contributed by atoms with Crippen LogP contribution in [0.15, 0.2) is 95.2 Å². The second kappa shape index (κ2) is 56.8. The Balaban J connectivity index is 0.000000371. The topological polar surface area (TPSA) is 389 Å². The number of rotatable bonds is 18. The van der Waals surface area contributed by atoms with Crippen LogP contribution in [0.3, 0.4) is 0 Å². The van der Waals surface area contributed by atoms with Crippen molar-refractivity contribution in [3.63, 3.8) is 0 Å². The monoisotopic (exact) mass is 1910 g/mol. The maximum absolute atomic E-state index is 14.5. The zero-order valence-corrected chi connectivity index (χ0v) is 85.4. The third-order valence-corrected chi connectivity index (χ3v) is 29.9. The predicted molar refractivity (Wildman–Crippen MR) is 515 cm³/mol. The largest absolute Gasteiger partial charge is 0.460 e. The normalized spacial score (nSPS) is 38.5. The van der Waals surface area contributed by atoms with Gasteiger partial charge in [0.2, 0.25) is 11.6 Å². The Kier molecular flexibility index (Phi) is 48.5. The molecule has 8 rings (SSSR count). The van der Waals surface area contributed by atoms with Crippen molar-refractivity contribution in [1.29, 1.82) is 0 Å². The van der Waals surface area contributed by atoms with Gasteiger partial charge in [0.15, 0.2) is 11.6 Å². The number of amides is 2. The highest BCUT2D eigenvalue weighted by Crippen LogP contribution is 2.43. The predicted octanol–water partition coefficient (Wildman–Crippen LogP) is 13.8. The van der Waals surface area contributed by atoms with E-state index in [1.54, 1.807) is 82.1 Å². The van der Waals surface area contributed by atoms with Gasteiger partial charge in [0.1, 0.15) is 60.3 Å². The number of allylic oxidation sites excluding steroid dienone is 12. The summed E-state index contributed by atoms with van der Waals surface area (Å²) in [5.74, 6) is -15.7. The van der Waals surface area contributed by atoms with Gasteiger partial charge in [-0.15, -0.1) is 0 Å². The van der Waals surface area contributed by atoms with Gasteiger partial charge in [0.25, 0.3) is 23.4 Å². The quantitative estimate of drug-likeness (QED) is 0.0483. The molecule has 0 aromatic carbocycles. The highest BCUT2D eigenvalue weighted by molar-refractivity contribution is 6.39. The Labute approximate surface area is 809 Å². The average molecular weight is 1910 g/mol. The van der Waals surface area contributed by atoms with Crippen LogP contribution in [-0.4, -0.2) is 278 Å². The zero-order chi connectivity index (χ0) is 101. The van der Waals surface area contributed by atoms with Crippen LogP contribution in [0.2, 0.25) is 0 Å². The Hall–Kier alpha value is -6.78. The smallest absolute Gasteiger partial charge is 0.329 e. The first kappa shape index (κ1) is 116. The van der Waals surface area contributed by atoms with E-state index in [9.17, 15) is 73.5 Å². The van der Waals surface area contributed by atoms with E-state index in [1.807, 2.05) is 116 Å². The van der Waals surface area contributed by atoms with Crippen molar-refractivity contribution in [3.8, 4) is 0 Å². The maximum atomic E-state index is 14.5. The number of hydrogen-bond donors (Lipinski definition) is 5. The minimum atomic E-state index is -2.43. The van der Waals surface area contributed by atoms with Gasteiger partial charge in [-0.1, -0.05) is 149 Å². The van der Waals surface area contributed by atoms with Crippen LogP contribution < -0.4 is 0 Å². The van der Waals surface area contributed by atoms with Crippen molar-refractivity contribution in [3.05, 3.63) is 95.2 Å². The molecule has 6 fully saturated rings. The van der Waals surface area contributed by atoms with Crippen LogP contribution in [0.1, 0.15) is 264 Å². The molecule has 0 aromatic rings. The molecular formula is C107H168N2O27. The van der Waals surface area contributed by atoms with Gasteiger partial charge < -0.3 is 92.2 Å². The number of esters is 2. The number of hydrogen-bond acceptors (Lipinski definition) is 27. The molecule has 4 saturated heterocycles. The van der Waals surface area contributed by atoms with Gasteiger partial charge in [0.05, 0.1) is 62.0 Å². The fourth-order valence-electron chi connectivity index (χ4n) is 21.1. The Morgan fingerprint density at radius 3 is 1.18 bits per heavy atom. The number of methoxy groups -OCH3 is 6. The van der Waals surface area contributed by atoms with Crippen molar-refractivity contribution < 1.29 is 130 Å². The first-order chi connectivity index (χ1) is 64.6. The molecule has 136 heavy (non-hydrogen) atoms. The van der Waals surface area contributed by atoms with Crippen LogP contribution in [0.25, 0.3) is 0 Å². The molecule has 768 valence electrons. The molecule has 4 bridgehead atoms. The molecule has 2 aliphatic carbocycles. The number of aliphatic hydroxyl groups excluding tert-OH is 3. The summed E-state index contributed by atoms with van der Waals surface area (Å²) in [7, 11) is 9.25. The lowest BCUT2D eigenvalue weighted by Gasteiger charge is -2.42. The highest BCUT2D eigenvalue weighted by atomic mass is 16.6. The second-order valence-electron chi connectivity index (χ2n) is 40.6. The Morgan fingerprint density at radius 1 is 0.441 bits per heavy atom. The van der Waals surface area contributed by atoms with Crippen molar-refractivity contribution in [2.24, 2.45) is 71.0 Å². The van der Waals surface area contributed by atoms with Crippen LogP contribution in [0.5, 0.6) is 0 Å².